The lowest BCUT2D eigenvalue weighted by atomic mass is 10.2. The molecule has 2 heterocycles. The molecule has 1 saturated heterocycles. The van der Waals surface area contributed by atoms with Crippen molar-refractivity contribution in [1.82, 2.24) is 9.88 Å². The van der Waals surface area contributed by atoms with Crippen LogP contribution in [0.3, 0.4) is 0 Å². The molecule has 104 valence electrons. The topological polar surface area (TPSA) is 88.5 Å². The Bertz CT molecular complexity index is 479. The van der Waals surface area contributed by atoms with Gasteiger partial charge in [-0.3, -0.25) is 10.1 Å². The SMILES string of the molecule is CN(CC1CCCN1C)c1cc([N+](=O)[O-])cc(N)n1. The van der Waals surface area contributed by atoms with Gasteiger partial charge in [-0.1, -0.05) is 0 Å². The minimum Gasteiger partial charge on any atom is -0.383 e. The maximum absolute atomic E-state index is 10.8. The second-order valence-corrected chi connectivity index (χ2v) is 5.02. The van der Waals surface area contributed by atoms with Crippen LogP contribution in [0.2, 0.25) is 0 Å². The molecule has 19 heavy (non-hydrogen) atoms. The van der Waals surface area contributed by atoms with Gasteiger partial charge in [-0.05, 0) is 26.4 Å². The third kappa shape index (κ3) is 3.11. The van der Waals surface area contributed by atoms with Gasteiger partial charge in [0.05, 0.1) is 17.1 Å². The van der Waals surface area contributed by atoms with E-state index >= 15 is 0 Å². The maximum Gasteiger partial charge on any atom is 0.276 e. The Morgan fingerprint density at radius 1 is 1.63 bits per heavy atom. The largest absolute Gasteiger partial charge is 0.383 e. The average Bonchev–Trinajstić information content (AvgIpc) is 2.74. The van der Waals surface area contributed by atoms with E-state index < -0.39 is 4.92 Å². The van der Waals surface area contributed by atoms with Gasteiger partial charge in [-0.2, -0.15) is 0 Å². The number of likely N-dealkylation sites (tertiary alicyclic amines) is 1. The van der Waals surface area contributed by atoms with Crippen molar-refractivity contribution >= 4 is 17.3 Å². The van der Waals surface area contributed by atoms with Crippen LogP contribution in [-0.4, -0.2) is 48.0 Å². The lowest BCUT2D eigenvalue weighted by Crippen LogP contribution is -2.37. The molecule has 0 saturated carbocycles. The van der Waals surface area contributed by atoms with Gasteiger partial charge in [0.25, 0.3) is 5.69 Å². The van der Waals surface area contributed by atoms with Crippen molar-refractivity contribution in [2.75, 3.05) is 37.8 Å². The molecule has 0 radical (unpaired) electrons. The zero-order valence-electron chi connectivity index (χ0n) is 11.2. The summed E-state index contributed by atoms with van der Waals surface area (Å²) in [7, 11) is 3.98. The molecule has 7 heteroatoms. The molecule has 7 nitrogen and oxygen atoms in total. The molecule has 1 atom stereocenters. The molecule has 1 fully saturated rings. The molecule has 1 unspecified atom stereocenters. The Balaban J connectivity index is 2.14. The van der Waals surface area contributed by atoms with Crippen molar-refractivity contribution in [3.05, 3.63) is 22.2 Å². The van der Waals surface area contributed by atoms with Crippen LogP contribution in [0.4, 0.5) is 17.3 Å². The van der Waals surface area contributed by atoms with Crippen LogP contribution in [0.25, 0.3) is 0 Å². The first-order chi connectivity index (χ1) is 8.97. The molecule has 0 bridgehead atoms. The van der Waals surface area contributed by atoms with Crippen molar-refractivity contribution < 1.29 is 4.92 Å². The van der Waals surface area contributed by atoms with E-state index in [9.17, 15) is 10.1 Å². The van der Waals surface area contributed by atoms with Gasteiger partial charge in [0.1, 0.15) is 11.6 Å². The van der Waals surface area contributed by atoms with E-state index in [0.29, 0.717) is 11.9 Å². The van der Waals surface area contributed by atoms with Crippen LogP contribution in [0.5, 0.6) is 0 Å². The molecular formula is C12H19N5O2. The van der Waals surface area contributed by atoms with Gasteiger partial charge >= 0.3 is 0 Å². The maximum atomic E-state index is 10.8. The Morgan fingerprint density at radius 3 is 2.95 bits per heavy atom. The van der Waals surface area contributed by atoms with Crippen LogP contribution in [0.1, 0.15) is 12.8 Å². The van der Waals surface area contributed by atoms with Crippen LogP contribution in [-0.2, 0) is 0 Å². The summed E-state index contributed by atoms with van der Waals surface area (Å²) >= 11 is 0. The van der Waals surface area contributed by atoms with E-state index in [1.54, 1.807) is 0 Å². The first-order valence-corrected chi connectivity index (χ1v) is 6.30. The lowest BCUT2D eigenvalue weighted by Gasteiger charge is -2.26. The fourth-order valence-corrected chi connectivity index (χ4v) is 2.44. The Kier molecular flexibility index (Phi) is 3.84. The van der Waals surface area contributed by atoms with Crippen molar-refractivity contribution in [2.45, 2.75) is 18.9 Å². The fraction of sp³-hybridized carbons (Fsp3) is 0.583. The number of hydrogen-bond donors (Lipinski definition) is 1. The van der Waals surface area contributed by atoms with E-state index in [-0.39, 0.29) is 11.5 Å². The second kappa shape index (κ2) is 5.40. The van der Waals surface area contributed by atoms with Gasteiger partial charge < -0.3 is 15.5 Å². The highest BCUT2D eigenvalue weighted by atomic mass is 16.6. The Morgan fingerprint density at radius 2 is 2.37 bits per heavy atom. The van der Waals surface area contributed by atoms with Gasteiger partial charge in [-0.15, -0.1) is 0 Å². The average molecular weight is 265 g/mol. The van der Waals surface area contributed by atoms with Crippen molar-refractivity contribution in [1.29, 1.82) is 0 Å². The lowest BCUT2D eigenvalue weighted by molar-refractivity contribution is -0.384. The van der Waals surface area contributed by atoms with Crippen LogP contribution in [0, 0.1) is 10.1 Å². The molecular weight excluding hydrogens is 246 g/mol. The molecule has 1 aromatic heterocycles. The molecule has 2 rings (SSSR count). The number of aromatic nitrogens is 1. The monoisotopic (exact) mass is 265 g/mol. The molecule has 1 aliphatic rings. The summed E-state index contributed by atoms with van der Waals surface area (Å²) in [5, 5.41) is 10.8. The zero-order chi connectivity index (χ0) is 14.0. The molecule has 0 aliphatic carbocycles. The predicted octanol–water partition coefficient (Wildman–Crippen LogP) is 1.10. The summed E-state index contributed by atoms with van der Waals surface area (Å²) in [6.07, 6.45) is 2.34. The number of pyridine rings is 1. The molecule has 0 spiro atoms. The number of nitrogens with zero attached hydrogens (tertiary/aromatic N) is 4. The summed E-state index contributed by atoms with van der Waals surface area (Å²) in [5.74, 6) is 0.725. The molecule has 1 aromatic rings. The standard InChI is InChI=1S/C12H19N5O2/c1-15-5-3-4-9(15)8-16(2)12-7-10(17(18)19)6-11(13)14-12/h6-7,9H,3-5,8H2,1-2H3,(H2,13,14). The third-order valence-corrected chi connectivity index (χ3v) is 3.57. The summed E-state index contributed by atoms with van der Waals surface area (Å²) in [4.78, 5) is 18.8. The van der Waals surface area contributed by atoms with E-state index in [2.05, 4.69) is 16.9 Å². The van der Waals surface area contributed by atoms with Crippen LogP contribution < -0.4 is 10.6 Å². The van der Waals surface area contributed by atoms with Gasteiger partial charge in [0.2, 0.25) is 0 Å². The van der Waals surface area contributed by atoms with E-state index in [0.717, 1.165) is 19.5 Å². The zero-order valence-corrected chi connectivity index (χ0v) is 11.2. The molecule has 0 amide bonds. The first-order valence-electron chi connectivity index (χ1n) is 6.30. The molecule has 0 aromatic carbocycles. The van der Waals surface area contributed by atoms with Gasteiger partial charge in [0, 0.05) is 19.6 Å². The smallest absolute Gasteiger partial charge is 0.276 e. The minimum atomic E-state index is -0.447. The van der Waals surface area contributed by atoms with E-state index in [1.165, 1.54) is 18.6 Å². The van der Waals surface area contributed by atoms with Gasteiger partial charge in [0.15, 0.2) is 0 Å². The number of anilines is 2. The summed E-state index contributed by atoms with van der Waals surface area (Å²) in [5.41, 5.74) is 5.60. The number of rotatable bonds is 4. The van der Waals surface area contributed by atoms with Crippen molar-refractivity contribution in [2.24, 2.45) is 0 Å². The minimum absolute atomic E-state index is 0.0193. The highest BCUT2D eigenvalue weighted by Gasteiger charge is 2.23. The number of nitro groups is 1. The predicted molar refractivity (Wildman–Crippen MR) is 74.2 cm³/mol. The number of likely N-dealkylation sites (N-methyl/N-ethyl adjacent to an activating group) is 2. The van der Waals surface area contributed by atoms with E-state index in [4.69, 9.17) is 5.73 Å². The second-order valence-electron chi connectivity index (χ2n) is 5.02. The highest BCUT2D eigenvalue weighted by Crippen LogP contribution is 2.23. The van der Waals surface area contributed by atoms with Crippen molar-refractivity contribution in [3.63, 3.8) is 0 Å². The van der Waals surface area contributed by atoms with Crippen molar-refractivity contribution in [3.8, 4) is 0 Å². The number of hydrogen-bond acceptors (Lipinski definition) is 6. The number of nitrogen functional groups attached to an aromatic ring is 1. The fourth-order valence-electron chi connectivity index (χ4n) is 2.44. The summed E-state index contributed by atoms with van der Waals surface area (Å²) in [6.45, 7) is 1.90. The highest BCUT2D eigenvalue weighted by molar-refractivity contribution is 5.53. The van der Waals surface area contributed by atoms with Crippen LogP contribution in [0.15, 0.2) is 12.1 Å². The molecule has 1 aliphatic heterocycles. The number of nitrogens with two attached hydrogens (primary N) is 1. The van der Waals surface area contributed by atoms with Crippen LogP contribution >= 0.6 is 0 Å². The Labute approximate surface area is 112 Å². The van der Waals surface area contributed by atoms with Gasteiger partial charge in [-0.25, -0.2) is 4.98 Å². The normalized spacial score (nSPS) is 19.6. The Hall–Kier alpha value is -1.89. The summed E-state index contributed by atoms with van der Waals surface area (Å²) < 4.78 is 0. The molecule has 2 N–H and O–H groups in total. The van der Waals surface area contributed by atoms with E-state index in [1.807, 2.05) is 11.9 Å². The third-order valence-electron chi connectivity index (χ3n) is 3.57. The quantitative estimate of drug-likeness (QED) is 0.648. The first kappa shape index (κ1) is 13.5. The summed E-state index contributed by atoms with van der Waals surface area (Å²) in [6, 6.07) is 3.21.